The highest BCUT2D eigenvalue weighted by Crippen LogP contribution is 2.27. The molecule has 1 aromatic carbocycles. The first-order valence-corrected chi connectivity index (χ1v) is 6.47. The molecule has 0 bridgehead atoms. The number of hydrogen-bond donors (Lipinski definition) is 3. The number of ether oxygens (including phenoxy) is 1. The summed E-state index contributed by atoms with van der Waals surface area (Å²) in [6.45, 7) is 4.90. The summed E-state index contributed by atoms with van der Waals surface area (Å²) in [5, 5.41) is 3.10. The van der Waals surface area contributed by atoms with Gasteiger partial charge in [0.05, 0.1) is 11.6 Å². The lowest BCUT2D eigenvalue weighted by atomic mass is 10.2. The second kappa shape index (κ2) is 7.23. The van der Waals surface area contributed by atoms with E-state index in [9.17, 15) is 0 Å². The van der Waals surface area contributed by atoms with Gasteiger partial charge in [0.15, 0.2) is 0 Å². The van der Waals surface area contributed by atoms with E-state index in [1.807, 2.05) is 18.2 Å². The first kappa shape index (κ1) is 14.8. The minimum Gasteiger partial charge on any atom is -0.495 e. The van der Waals surface area contributed by atoms with Crippen molar-refractivity contribution in [2.24, 2.45) is 16.8 Å². The molecule has 1 rings (SSSR count). The third-order valence-electron chi connectivity index (χ3n) is 2.17. The van der Waals surface area contributed by atoms with Gasteiger partial charge >= 0.3 is 0 Å². The molecule has 0 aromatic heterocycles. The maximum Gasteiger partial charge on any atom is 0.210 e. The monoisotopic (exact) mass is 314 g/mol. The zero-order chi connectivity index (χ0) is 13.5. The molecule has 6 heteroatoms. The Morgan fingerprint density at radius 1 is 1.50 bits per heavy atom. The molecule has 0 fully saturated rings. The standard InChI is InChI=1S/C12H19BrN4O/c1-8(2)7-15-12(17-14)16-9-4-5-10(13)11(6-9)18-3/h4-6,8H,7,14H2,1-3H3,(H2,15,16,17). The fraction of sp³-hybridized carbons (Fsp3) is 0.417. The Morgan fingerprint density at radius 2 is 2.22 bits per heavy atom. The molecular weight excluding hydrogens is 296 g/mol. The lowest BCUT2D eigenvalue weighted by Crippen LogP contribution is -2.36. The fourth-order valence-electron chi connectivity index (χ4n) is 1.27. The van der Waals surface area contributed by atoms with Gasteiger partial charge in [-0.3, -0.25) is 10.4 Å². The molecule has 0 heterocycles. The summed E-state index contributed by atoms with van der Waals surface area (Å²) in [5.74, 6) is 7.19. The number of hydrazine groups is 1. The Bertz CT molecular complexity index is 421. The van der Waals surface area contributed by atoms with Crippen molar-refractivity contribution < 1.29 is 4.74 Å². The van der Waals surface area contributed by atoms with Gasteiger partial charge in [-0.2, -0.15) is 0 Å². The van der Waals surface area contributed by atoms with E-state index in [4.69, 9.17) is 10.6 Å². The molecule has 18 heavy (non-hydrogen) atoms. The number of rotatable bonds is 4. The molecule has 100 valence electrons. The summed E-state index contributed by atoms with van der Waals surface area (Å²) in [6, 6.07) is 5.68. The van der Waals surface area contributed by atoms with E-state index < -0.39 is 0 Å². The van der Waals surface area contributed by atoms with E-state index in [1.165, 1.54) is 0 Å². The van der Waals surface area contributed by atoms with Crippen LogP contribution in [0.2, 0.25) is 0 Å². The van der Waals surface area contributed by atoms with E-state index in [-0.39, 0.29) is 0 Å². The van der Waals surface area contributed by atoms with Crippen molar-refractivity contribution in [2.75, 3.05) is 19.0 Å². The van der Waals surface area contributed by atoms with E-state index >= 15 is 0 Å². The van der Waals surface area contributed by atoms with Crippen LogP contribution in [-0.4, -0.2) is 19.6 Å². The number of hydrogen-bond acceptors (Lipinski definition) is 3. The van der Waals surface area contributed by atoms with Crippen LogP contribution in [0.4, 0.5) is 5.69 Å². The molecule has 0 radical (unpaired) electrons. The summed E-state index contributed by atoms with van der Waals surface area (Å²) < 4.78 is 6.12. The van der Waals surface area contributed by atoms with Crippen molar-refractivity contribution in [2.45, 2.75) is 13.8 Å². The van der Waals surface area contributed by atoms with Crippen LogP contribution in [0.5, 0.6) is 5.75 Å². The second-order valence-electron chi connectivity index (χ2n) is 4.20. The summed E-state index contributed by atoms with van der Waals surface area (Å²) in [5.41, 5.74) is 3.40. The molecule has 0 saturated heterocycles. The van der Waals surface area contributed by atoms with Crippen LogP contribution < -0.4 is 21.3 Å². The summed E-state index contributed by atoms with van der Waals surface area (Å²) in [7, 11) is 1.62. The lowest BCUT2D eigenvalue weighted by molar-refractivity contribution is 0.412. The first-order chi connectivity index (χ1) is 8.56. The molecule has 0 spiro atoms. The zero-order valence-corrected chi connectivity index (χ0v) is 12.4. The van der Waals surface area contributed by atoms with E-state index in [2.05, 4.69) is 45.5 Å². The number of halogens is 1. The molecule has 1 aromatic rings. The van der Waals surface area contributed by atoms with Crippen molar-refractivity contribution in [1.29, 1.82) is 0 Å². The Morgan fingerprint density at radius 3 is 2.78 bits per heavy atom. The Labute approximate surface area is 116 Å². The molecule has 0 amide bonds. The van der Waals surface area contributed by atoms with Crippen LogP contribution >= 0.6 is 15.9 Å². The van der Waals surface area contributed by atoms with Gasteiger partial charge in [0.1, 0.15) is 5.75 Å². The number of benzene rings is 1. The summed E-state index contributed by atoms with van der Waals surface area (Å²) in [4.78, 5) is 4.33. The molecule has 5 nitrogen and oxygen atoms in total. The lowest BCUT2D eigenvalue weighted by Gasteiger charge is -2.11. The molecule has 0 aliphatic rings. The smallest absolute Gasteiger partial charge is 0.210 e. The number of methoxy groups -OCH3 is 1. The SMILES string of the molecule is COc1cc(NC(=NCC(C)C)NN)ccc1Br. The summed E-state index contributed by atoms with van der Waals surface area (Å²) in [6.07, 6.45) is 0. The highest BCUT2D eigenvalue weighted by Gasteiger charge is 2.03. The van der Waals surface area contributed by atoms with Crippen LogP contribution in [0.3, 0.4) is 0 Å². The molecule has 0 aliphatic carbocycles. The number of aliphatic imine (C=N–C) groups is 1. The minimum absolute atomic E-state index is 0.481. The predicted molar refractivity (Wildman–Crippen MR) is 78.8 cm³/mol. The zero-order valence-electron chi connectivity index (χ0n) is 10.8. The van der Waals surface area contributed by atoms with Crippen LogP contribution in [0.15, 0.2) is 27.7 Å². The highest BCUT2D eigenvalue weighted by atomic mass is 79.9. The molecule has 0 unspecified atom stereocenters. The van der Waals surface area contributed by atoms with Crippen molar-refractivity contribution in [1.82, 2.24) is 5.43 Å². The Hall–Kier alpha value is -1.27. The van der Waals surface area contributed by atoms with Crippen LogP contribution in [-0.2, 0) is 0 Å². The molecule has 0 saturated carbocycles. The van der Waals surface area contributed by atoms with E-state index in [0.29, 0.717) is 18.4 Å². The topological polar surface area (TPSA) is 71.7 Å². The van der Waals surface area contributed by atoms with Gasteiger partial charge in [-0.15, -0.1) is 0 Å². The maximum absolute atomic E-state index is 5.42. The number of nitrogens with two attached hydrogens (primary N) is 1. The molecule has 0 atom stereocenters. The second-order valence-corrected chi connectivity index (χ2v) is 5.06. The third-order valence-corrected chi connectivity index (χ3v) is 2.82. The van der Waals surface area contributed by atoms with Crippen molar-refractivity contribution in [3.8, 4) is 5.75 Å². The normalized spacial score (nSPS) is 11.6. The van der Waals surface area contributed by atoms with Gasteiger partial charge in [-0.25, -0.2) is 5.84 Å². The van der Waals surface area contributed by atoms with E-state index in [1.54, 1.807) is 7.11 Å². The average molecular weight is 315 g/mol. The fourth-order valence-corrected chi connectivity index (χ4v) is 1.68. The average Bonchev–Trinajstić information content (AvgIpc) is 2.36. The number of guanidine groups is 1. The van der Waals surface area contributed by atoms with Crippen molar-refractivity contribution >= 4 is 27.6 Å². The number of nitrogens with zero attached hydrogens (tertiary/aromatic N) is 1. The van der Waals surface area contributed by atoms with Gasteiger partial charge in [-0.05, 0) is 34.0 Å². The van der Waals surface area contributed by atoms with Crippen LogP contribution in [0, 0.1) is 5.92 Å². The quantitative estimate of drug-likeness (QED) is 0.345. The van der Waals surface area contributed by atoms with Crippen LogP contribution in [0.25, 0.3) is 0 Å². The first-order valence-electron chi connectivity index (χ1n) is 5.68. The molecular formula is C12H19BrN4O. The van der Waals surface area contributed by atoms with Gasteiger partial charge in [0.25, 0.3) is 0 Å². The summed E-state index contributed by atoms with van der Waals surface area (Å²) >= 11 is 3.40. The predicted octanol–water partition coefficient (Wildman–Crippen LogP) is 2.34. The van der Waals surface area contributed by atoms with Gasteiger partial charge in [0.2, 0.25) is 5.96 Å². The van der Waals surface area contributed by atoms with E-state index in [0.717, 1.165) is 15.9 Å². The molecule has 4 N–H and O–H groups in total. The van der Waals surface area contributed by atoms with Crippen LogP contribution in [0.1, 0.15) is 13.8 Å². The Balaban J connectivity index is 2.78. The van der Waals surface area contributed by atoms with Crippen molar-refractivity contribution in [3.05, 3.63) is 22.7 Å². The minimum atomic E-state index is 0.481. The van der Waals surface area contributed by atoms with Crippen molar-refractivity contribution in [3.63, 3.8) is 0 Å². The molecule has 0 aliphatic heterocycles. The third kappa shape index (κ3) is 4.54. The Kier molecular flexibility index (Phi) is 5.94. The number of nitrogens with one attached hydrogen (secondary N) is 2. The van der Waals surface area contributed by atoms with Gasteiger partial charge < -0.3 is 10.1 Å². The number of anilines is 1. The van der Waals surface area contributed by atoms with Gasteiger partial charge in [0, 0.05) is 18.3 Å². The maximum atomic E-state index is 5.42. The highest BCUT2D eigenvalue weighted by molar-refractivity contribution is 9.10. The largest absolute Gasteiger partial charge is 0.495 e. The van der Waals surface area contributed by atoms with Gasteiger partial charge in [-0.1, -0.05) is 13.8 Å².